The van der Waals surface area contributed by atoms with Crippen LogP contribution in [0.3, 0.4) is 0 Å². The zero-order valence-electron chi connectivity index (χ0n) is 13.6. The summed E-state index contributed by atoms with van der Waals surface area (Å²) in [6.07, 6.45) is 1.41. The van der Waals surface area contributed by atoms with Gasteiger partial charge in [0.05, 0.1) is 6.04 Å². The molecule has 3 aromatic rings. The van der Waals surface area contributed by atoms with Gasteiger partial charge in [-0.3, -0.25) is 9.36 Å². The Kier molecular flexibility index (Phi) is 4.94. The minimum absolute atomic E-state index is 0.155. The van der Waals surface area contributed by atoms with Crippen LogP contribution >= 0.6 is 12.2 Å². The Morgan fingerprint density at radius 3 is 2.42 bits per heavy atom. The van der Waals surface area contributed by atoms with E-state index in [4.69, 9.17) is 12.2 Å². The SMILES string of the molecule is CC(NC(=O)c1c[nH]c(=S)n1-c1ccc(F)cc1)c1ccc(F)cc1F. The number of H-pyrrole nitrogens is 1. The molecule has 8 heteroatoms. The third-order valence-corrected chi connectivity index (χ3v) is 4.17. The van der Waals surface area contributed by atoms with E-state index in [1.807, 2.05) is 0 Å². The minimum atomic E-state index is -0.748. The van der Waals surface area contributed by atoms with Crippen molar-refractivity contribution in [2.24, 2.45) is 0 Å². The number of hydrogen-bond acceptors (Lipinski definition) is 2. The average Bonchev–Trinajstić information content (AvgIpc) is 2.97. The van der Waals surface area contributed by atoms with E-state index in [1.165, 1.54) is 41.1 Å². The summed E-state index contributed by atoms with van der Waals surface area (Å²) in [5.41, 5.74) is 0.835. The predicted molar refractivity (Wildman–Crippen MR) is 93.2 cm³/mol. The van der Waals surface area contributed by atoms with Crippen LogP contribution in [0.15, 0.2) is 48.7 Å². The topological polar surface area (TPSA) is 49.8 Å². The zero-order valence-corrected chi connectivity index (χ0v) is 14.4. The summed E-state index contributed by atoms with van der Waals surface area (Å²) in [7, 11) is 0. The number of nitrogens with zero attached hydrogens (tertiary/aromatic N) is 1. The van der Waals surface area contributed by atoms with Crippen molar-refractivity contribution in [2.75, 3.05) is 0 Å². The van der Waals surface area contributed by atoms with Crippen LogP contribution in [0.1, 0.15) is 29.0 Å². The van der Waals surface area contributed by atoms with Gasteiger partial charge in [-0.05, 0) is 49.5 Å². The van der Waals surface area contributed by atoms with E-state index in [1.54, 1.807) is 6.92 Å². The van der Waals surface area contributed by atoms with E-state index >= 15 is 0 Å². The number of amides is 1. The first-order chi connectivity index (χ1) is 12.4. The highest BCUT2D eigenvalue weighted by Gasteiger charge is 2.19. The molecule has 1 unspecified atom stereocenters. The summed E-state index contributed by atoms with van der Waals surface area (Å²) < 4.78 is 41.7. The number of aromatic nitrogens is 2. The van der Waals surface area contributed by atoms with Crippen LogP contribution in [0.25, 0.3) is 5.69 Å². The van der Waals surface area contributed by atoms with Gasteiger partial charge in [0.15, 0.2) is 4.77 Å². The summed E-state index contributed by atoms with van der Waals surface area (Å²) in [5, 5.41) is 2.65. The molecule has 0 aliphatic heterocycles. The molecular formula is C18H14F3N3OS. The summed E-state index contributed by atoms with van der Waals surface area (Å²) in [6, 6.07) is 7.93. The predicted octanol–water partition coefficient (Wildman–Crippen LogP) is 4.44. The van der Waals surface area contributed by atoms with Gasteiger partial charge in [-0.1, -0.05) is 6.07 Å². The van der Waals surface area contributed by atoms with Crippen LogP contribution in [0, 0.1) is 22.2 Å². The largest absolute Gasteiger partial charge is 0.344 e. The number of carbonyl (C=O) groups excluding carboxylic acids is 1. The molecule has 3 rings (SSSR count). The highest BCUT2D eigenvalue weighted by atomic mass is 32.1. The molecule has 4 nitrogen and oxygen atoms in total. The van der Waals surface area contributed by atoms with Crippen molar-refractivity contribution in [1.82, 2.24) is 14.9 Å². The third kappa shape index (κ3) is 3.55. The molecule has 0 spiro atoms. The van der Waals surface area contributed by atoms with Gasteiger partial charge in [0.25, 0.3) is 5.91 Å². The van der Waals surface area contributed by atoms with Crippen LogP contribution < -0.4 is 5.32 Å². The van der Waals surface area contributed by atoms with Crippen molar-refractivity contribution < 1.29 is 18.0 Å². The van der Waals surface area contributed by atoms with E-state index in [9.17, 15) is 18.0 Å². The summed E-state index contributed by atoms with van der Waals surface area (Å²) in [6.45, 7) is 1.58. The van der Waals surface area contributed by atoms with Gasteiger partial charge in [-0.2, -0.15) is 0 Å². The number of halogens is 3. The van der Waals surface area contributed by atoms with Crippen LogP contribution in [0.2, 0.25) is 0 Å². The Balaban J connectivity index is 1.89. The zero-order chi connectivity index (χ0) is 18.8. The first kappa shape index (κ1) is 17.9. The number of carbonyl (C=O) groups is 1. The standard InChI is InChI=1S/C18H14F3N3OS/c1-10(14-7-4-12(20)8-15(14)21)23-17(25)16-9-22-18(26)24(16)13-5-2-11(19)3-6-13/h2-10H,1H3,(H,22,26)(H,23,25). The minimum Gasteiger partial charge on any atom is -0.344 e. The summed E-state index contributed by atoms with van der Waals surface area (Å²) in [4.78, 5) is 15.4. The van der Waals surface area contributed by atoms with Crippen molar-refractivity contribution in [3.05, 3.63) is 82.1 Å². The highest BCUT2D eigenvalue weighted by Crippen LogP contribution is 2.19. The van der Waals surface area contributed by atoms with Crippen molar-refractivity contribution in [2.45, 2.75) is 13.0 Å². The number of imidazole rings is 1. The fourth-order valence-electron chi connectivity index (χ4n) is 2.58. The number of hydrogen-bond donors (Lipinski definition) is 2. The molecule has 0 bridgehead atoms. The second-order valence-corrected chi connectivity index (χ2v) is 6.04. The molecule has 134 valence electrons. The second kappa shape index (κ2) is 7.17. The number of benzene rings is 2. The molecule has 1 heterocycles. The van der Waals surface area contributed by atoms with Crippen LogP contribution in [0.5, 0.6) is 0 Å². The van der Waals surface area contributed by atoms with Crippen molar-refractivity contribution >= 4 is 18.1 Å². The van der Waals surface area contributed by atoms with Gasteiger partial charge in [0.1, 0.15) is 23.1 Å². The molecule has 0 aliphatic carbocycles. The molecule has 2 N–H and O–H groups in total. The van der Waals surface area contributed by atoms with E-state index < -0.39 is 29.4 Å². The fourth-order valence-corrected chi connectivity index (χ4v) is 2.85. The van der Waals surface area contributed by atoms with Gasteiger partial charge in [0, 0.05) is 23.5 Å². The summed E-state index contributed by atoms with van der Waals surface area (Å²) >= 11 is 5.18. The Morgan fingerprint density at radius 1 is 1.12 bits per heavy atom. The van der Waals surface area contributed by atoms with Crippen LogP contribution in [-0.4, -0.2) is 15.5 Å². The quantitative estimate of drug-likeness (QED) is 0.661. The lowest BCUT2D eigenvalue weighted by Crippen LogP contribution is -2.29. The smallest absolute Gasteiger partial charge is 0.270 e. The molecule has 1 aromatic heterocycles. The highest BCUT2D eigenvalue weighted by molar-refractivity contribution is 7.71. The molecule has 1 amide bonds. The summed E-state index contributed by atoms with van der Waals surface area (Å²) in [5.74, 6) is -2.37. The number of rotatable bonds is 4. The Labute approximate surface area is 152 Å². The number of aromatic amines is 1. The molecule has 0 radical (unpaired) electrons. The number of nitrogens with one attached hydrogen (secondary N) is 2. The van der Waals surface area contributed by atoms with Crippen LogP contribution in [-0.2, 0) is 0 Å². The maximum atomic E-state index is 13.9. The molecule has 2 aromatic carbocycles. The maximum Gasteiger partial charge on any atom is 0.270 e. The normalized spacial score (nSPS) is 12.0. The first-order valence-corrected chi connectivity index (χ1v) is 8.10. The Bertz CT molecular complexity index is 1010. The molecule has 0 aliphatic rings. The second-order valence-electron chi connectivity index (χ2n) is 5.65. The molecule has 0 fully saturated rings. The van der Waals surface area contributed by atoms with Gasteiger partial charge in [-0.25, -0.2) is 13.2 Å². The van der Waals surface area contributed by atoms with E-state index in [0.717, 1.165) is 12.1 Å². The van der Waals surface area contributed by atoms with Gasteiger partial charge < -0.3 is 10.3 Å². The Hall–Kier alpha value is -2.87. The van der Waals surface area contributed by atoms with Gasteiger partial charge in [-0.15, -0.1) is 0 Å². The fraction of sp³-hybridized carbons (Fsp3) is 0.111. The molecule has 1 atom stereocenters. The molecular weight excluding hydrogens is 363 g/mol. The molecule has 0 saturated carbocycles. The van der Waals surface area contributed by atoms with E-state index in [-0.39, 0.29) is 16.0 Å². The molecule has 0 saturated heterocycles. The van der Waals surface area contributed by atoms with Crippen molar-refractivity contribution in [3.63, 3.8) is 0 Å². The first-order valence-electron chi connectivity index (χ1n) is 7.69. The average molecular weight is 377 g/mol. The van der Waals surface area contributed by atoms with Gasteiger partial charge in [0.2, 0.25) is 0 Å². The molecule has 26 heavy (non-hydrogen) atoms. The maximum absolute atomic E-state index is 13.9. The van der Waals surface area contributed by atoms with E-state index in [2.05, 4.69) is 10.3 Å². The van der Waals surface area contributed by atoms with E-state index in [0.29, 0.717) is 5.69 Å². The lowest BCUT2D eigenvalue weighted by Gasteiger charge is -2.16. The van der Waals surface area contributed by atoms with Gasteiger partial charge >= 0.3 is 0 Å². The third-order valence-electron chi connectivity index (χ3n) is 3.87. The Morgan fingerprint density at radius 2 is 1.77 bits per heavy atom. The monoisotopic (exact) mass is 377 g/mol. The lowest BCUT2D eigenvalue weighted by atomic mass is 10.1. The van der Waals surface area contributed by atoms with Crippen LogP contribution in [0.4, 0.5) is 13.2 Å². The lowest BCUT2D eigenvalue weighted by molar-refractivity contribution is 0.0932. The van der Waals surface area contributed by atoms with Crippen molar-refractivity contribution in [3.8, 4) is 5.69 Å². The van der Waals surface area contributed by atoms with Crippen molar-refractivity contribution in [1.29, 1.82) is 0 Å².